The third-order valence-corrected chi connectivity index (χ3v) is 5.75. The molecular formula is C21H29N3O2. The van der Waals surface area contributed by atoms with Crippen LogP contribution in [-0.4, -0.2) is 22.8 Å². The summed E-state index contributed by atoms with van der Waals surface area (Å²) < 4.78 is 7.31. The summed E-state index contributed by atoms with van der Waals surface area (Å²) in [6.45, 7) is 6.75. The van der Waals surface area contributed by atoms with Gasteiger partial charge >= 0.3 is 0 Å². The van der Waals surface area contributed by atoms with Crippen LogP contribution in [0.5, 0.6) is 5.75 Å². The Kier molecular flexibility index (Phi) is 5.35. The number of carbonyl (C=O) groups excluding carboxylic acids is 1. The summed E-state index contributed by atoms with van der Waals surface area (Å²) in [6, 6.07) is 8.09. The first-order valence-electron chi connectivity index (χ1n) is 9.41. The second-order valence-corrected chi connectivity index (χ2v) is 7.34. The molecule has 1 heterocycles. The fourth-order valence-electron chi connectivity index (χ4n) is 3.93. The summed E-state index contributed by atoms with van der Waals surface area (Å²) in [4.78, 5) is 12.7. The first kappa shape index (κ1) is 18.5. The van der Waals surface area contributed by atoms with Crippen LogP contribution in [0.3, 0.4) is 0 Å². The molecule has 1 amide bonds. The van der Waals surface area contributed by atoms with Crippen molar-refractivity contribution in [2.45, 2.75) is 65.0 Å². The molecule has 0 saturated heterocycles. The Morgan fingerprint density at radius 1 is 1.27 bits per heavy atom. The molecule has 1 N–H and O–H groups in total. The number of hydrogen-bond acceptors (Lipinski definition) is 3. The highest BCUT2D eigenvalue weighted by molar-refractivity contribution is 5.77. The van der Waals surface area contributed by atoms with Crippen LogP contribution >= 0.6 is 0 Å². The fourth-order valence-corrected chi connectivity index (χ4v) is 3.93. The van der Waals surface area contributed by atoms with Crippen molar-refractivity contribution in [2.24, 2.45) is 0 Å². The average Bonchev–Trinajstić information content (AvgIpc) is 3.21. The Balaban J connectivity index is 1.71. The van der Waals surface area contributed by atoms with Crippen LogP contribution in [0.25, 0.3) is 0 Å². The molecule has 0 atom stereocenters. The van der Waals surface area contributed by atoms with E-state index < -0.39 is 0 Å². The van der Waals surface area contributed by atoms with Crippen molar-refractivity contribution in [3.05, 3.63) is 46.8 Å². The molecule has 0 radical (unpaired) electrons. The highest BCUT2D eigenvalue weighted by Crippen LogP contribution is 2.39. The van der Waals surface area contributed by atoms with Crippen LogP contribution in [0.1, 0.15) is 54.6 Å². The Morgan fingerprint density at radius 3 is 2.62 bits per heavy atom. The van der Waals surface area contributed by atoms with Gasteiger partial charge in [0.25, 0.3) is 0 Å². The van der Waals surface area contributed by atoms with Gasteiger partial charge in [0.05, 0.1) is 18.3 Å². The van der Waals surface area contributed by atoms with Crippen LogP contribution in [-0.2, 0) is 16.9 Å². The Labute approximate surface area is 155 Å². The molecule has 0 unspecified atom stereocenters. The quantitative estimate of drug-likeness (QED) is 0.858. The summed E-state index contributed by atoms with van der Waals surface area (Å²) in [5, 5.41) is 7.87. The lowest BCUT2D eigenvalue weighted by Gasteiger charge is -2.31. The minimum Gasteiger partial charge on any atom is -0.497 e. The molecule has 1 aliphatic carbocycles. The van der Waals surface area contributed by atoms with Crippen molar-refractivity contribution in [1.29, 1.82) is 0 Å². The number of rotatable bonds is 6. The highest BCUT2D eigenvalue weighted by atomic mass is 16.5. The maximum absolute atomic E-state index is 12.7. The summed E-state index contributed by atoms with van der Waals surface area (Å²) in [5.41, 5.74) is 4.25. The molecule has 1 fully saturated rings. The van der Waals surface area contributed by atoms with E-state index in [-0.39, 0.29) is 11.4 Å². The summed E-state index contributed by atoms with van der Waals surface area (Å²) >= 11 is 0. The van der Waals surface area contributed by atoms with Gasteiger partial charge in [0.15, 0.2) is 0 Å². The number of carbonyl (C=O) groups is 1. The van der Waals surface area contributed by atoms with Crippen molar-refractivity contribution in [2.75, 3.05) is 7.11 Å². The largest absolute Gasteiger partial charge is 0.497 e. The van der Waals surface area contributed by atoms with E-state index in [4.69, 9.17) is 4.74 Å². The topological polar surface area (TPSA) is 56.1 Å². The minimum absolute atomic E-state index is 0.0833. The van der Waals surface area contributed by atoms with E-state index in [1.807, 2.05) is 23.7 Å². The number of aromatic nitrogens is 2. The zero-order chi connectivity index (χ0) is 18.7. The molecule has 1 aromatic carbocycles. The van der Waals surface area contributed by atoms with Gasteiger partial charge in [-0.3, -0.25) is 9.48 Å². The molecule has 1 saturated carbocycles. The van der Waals surface area contributed by atoms with Gasteiger partial charge in [-0.15, -0.1) is 0 Å². The number of nitrogens with one attached hydrogen (secondary N) is 1. The maximum atomic E-state index is 12.7. The number of aryl methyl sites for hydroxylation is 2. The molecule has 26 heavy (non-hydrogen) atoms. The van der Waals surface area contributed by atoms with E-state index in [0.717, 1.165) is 48.4 Å². The average molecular weight is 355 g/mol. The maximum Gasteiger partial charge on any atom is 0.222 e. The Morgan fingerprint density at radius 2 is 2.00 bits per heavy atom. The summed E-state index contributed by atoms with van der Waals surface area (Å²) in [6.07, 6.45) is 4.66. The zero-order valence-corrected chi connectivity index (χ0v) is 16.3. The van der Waals surface area contributed by atoms with Crippen LogP contribution in [0.4, 0.5) is 0 Å². The lowest BCUT2D eigenvalue weighted by molar-refractivity contribution is -0.123. The zero-order valence-electron chi connectivity index (χ0n) is 16.3. The van der Waals surface area contributed by atoms with Gasteiger partial charge in [0.1, 0.15) is 5.75 Å². The molecule has 140 valence electrons. The number of benzene rings is 1. The van der Waals surface area contributed by atoms with Crippen LogP contribution in [0, 0.1) is 20.8 Å². The smallest absolute Gasteiger partial charge is 0.222 e. The molecule has 5 nitrogen and oxygen atoms in total. The number of methoxy groups -OCH3 is 1. The third-order valence-electron chi connectivity index (χ3n) is 5.75. The van der Waals surface area contributed by atoms with Gasteiger partial charge in [0, 0.05) is 18.7 Å². The molecule has 3 rings (SSSR count). The molecule has 1 aromatic heterocycles. The van der Waals surface area contributed by atoms with E-state index in [9.17, 15) is 4.79 Å². The molecular weight excluding hydrogens is 326 g/mol. The minimum atomic E-state index is -0.267. The van der Waals surface area contributed by atoms with Crippen molar-refractivity contribution in [1.82, 2.24) is 15.1 Å². The Hall–Kier alpha value is -2.30. The van der Waals surface area contributed by atoms with Crippen LogP contribution in [0.2, 0.25) is 0 Å². The second-order valence-electron chi connectivity index (χ2n) is 7.34. The van der Waals surface area contributed by atoms with Gasteiger partial charge in [-0.05, 0) is 56.9 Å². The van der Waals surface area contributed by atoms with Crippen molar-refractivity contribution < 1.29 is 9.53 Å². The van der Waals surface area contributed by atoms with E-state index in [2.05, 4.69) is 36.4 Å². The summed E-state index contributed by atoms with van der Waals surface area (Å²) in [5.74, 6) is 0.918. The van der Waals surface area contributed by atoms with Crippen LogP contribution < -0.4 is 10.1 Å². The van der Waals surface area contributed by atoms with Gasteiger partial charge in [-0.2, -0.15) is 5.10 Å². The molecule has 0 bridgehead atoms. The molecule has 5 heteroatoms. The van der Waals surface area contributed by atoms with E-state index in [1.165, 1.54) is 5.56 Å². The van der Waals surface area contributed by atoms with E-state index in [1.54, 1.807) is 7.11 Å². The lowest BCUT2D eigenvalue weighted by Crippen LogP contribution is -2.44. The van der Waals surface area contributed by atoms with E-state index >= 15 is 0 Å². The number of amides is 1. The monoisotopic (exact) mass is 355 g/mol. The van der Waals surface area contributed by atoms with Crippen molar-refractivity contribution >= 4 is 5.91 Å². The van der Waals surface area contributed by atoms with Gasteiger partial charge in [0.2, 0.25) is 5.91 Å². The number of ether oxygens (including phenoxy) is 1. The lowest BCUT2D eigenvalue weighted by atomic mass is 9.87. The van der Waals surface area contributed by atoms with Crippen molar-refractivity contribution in [3.8, 4) is 5.75 Å². The number of nitrogens with zero attached hydrogens (tertiary/aromatic N) is 2. The van der Waals surface area contributed by atoms with E-state index in [0.29, 0.717) is 13.0 Å². The van der Waals surface area contributed by atoms with Crippen molar-refractivity contribution in [3.63, 3.8) is 0 Å². The second kappa shape index (κ2) is 7.52. The van der Waals surface area contributed by atoms with Gasteiger partial charge in [-0.1, -0.05) is 25.0 Å². The number of hydrogen-bond donors (Lipinski definition) is 1. The predicted octanol–water partition coefficient (Wildman–Crippen LogP) is 3.79. The molecule has 1 aliphatic rings. The highest BCUT2D eigenvalue weighted by Gasteiger charge is 2.37. The third kappa shape index (κ3) is 3.62. The van der Waals surface area contributed by atoms with Gasteiger partial charge in [-0.25, -0.2) is 0 Å². The molecule has 0 spiro atoms. The standard InChI is InChI=1S/C21H29N3O2/c1-15-16(2)23-24(17(15)3)13-10-20(25)22-21(11-5-6-12-21)18-8-7-9-19(14-18)26-4/h7-9,14H,5-6,10-13H2,1-4H3,(H,22,25). The molecule has 0 aliphatic heterocycles. The first-order valence-corrected chi connectivity index (χ1v) is 9.41. The molecule has 2 aromatic rings. The van der Waals surface area contributed by atoms with Crippen LogP contribution in [0.15, 0.2) is 24.3 Å². The predicted molar refractivity (Wildman–Crippen MR) is 102 cm³/mol. The Bertz CT molecular complexity index is 789. The van der Waals surface area contributed by atoms with Gasteiger partial charge < -0.3 is 10.1 Å². The summed E-state index contributed by atoms with van der Waals surface area (Å²) in [7, 11) is 1.68. The fraction of sp³-hybridized carbons (Fsp3) is 0.524. The SMILES string of the molecule is COc1cccc(C2(NC(=O)CCn3nc(C)c(C)c3C)CCCC2)c1. The first-order chi connectivity index (χ1) is 12.4. The normalized spacial score (nSPS) is 15.8.